The van der Waals surface area contributed by atoms with Crippen LogP contribution in [0, 0.1) is 0 Å². The molecule has 0 saturated carbocycles. The van der Waals surface area contributed by atoms with Crippen LogP contribution in [0.3, 0.4) is 0 Å². The van der Waals surface area contributed by atoms with Gasteiger partial charge in [-0.05, 0) is 42.0 Å². The Hall–Kier alpha value is -2.56. The van der Waals surface area contributed by atoms with E-state index in [1.165, 1.54) is 6.26 Å². The molecule has 0 aliphatic heterocycles. The highest BCUT2D eigenvalue weighted by atomic mass is 16.5. The molecule has 1 heterocycles. The standard InChI is InChI=1S/C13H12N2O3/c1-14-15-9-10-4-6-11(7-5-10)18-13(16)12-3-2-8-17-12/h2-9,14H,1H3/b15-9+. The fraction of sp³-hybridized carbons (Fsp3) is 0.0769. The zero-order valence-electron chi connectivity index (χ0n) is 9.79. The second kappa shape index (κ2) is 5.67. The van der Waals surface area contributed by atoms with E-state index >= 15 is 0 Å². The number of hydrogen-bond donors (Lipinski definition) is 1. The summed E-state index contributed by atoms with van der Waals surface area (Å²) in [7, 11) is 1.72. The Bertz CT molecular complexity index is 530. The lowest BCUT2D eigenvalue weighted by Gasteiger charge is -2.02. The molecule has 5 heteroatoms. The molecule has 0 aliphatic rings. The van der Waals surface area contributed by atoms with Crippen molar-refractivity contribution in [3.05, 3.63) is 54.0 Å². The summed E-state index contributed by atoms with van der Waals surface area (Å²) < 4.78 is 10.1. The summed E-state index contributed by atoms with van der Waals surface area (Å²) in [5.74, 6) is 0.116. The fourth-order valence-electron chi connectivity index (χ4n) is 1.31. The number of ether oxygens (including phenoxy) is 1. The largest absolute Gasteiger partial charge is 0.457 e. The van der Waals surface area contributed by atoms with Crippen LogP contribution in [0.4, 0.5) is 0 Å². The summed E-state index contributed by atoms with van der Waals surface area (Å²) in [6, 6.07) is 10.2. The summed E-state index contributed by atoms with van der Waals surface area (Å²) in [6.45, 7) is 0. The molecule has 0 spiro atoms. The summed E-state index contributed by atoms with van der Waals surface area (Å²) in [6.07, 6.45) is 3.09. The van der Waals surface area contributed by atoms with Crippen molar-refractivity contribution in [3.63, 3.8) is 0 Å². The number of rotatable bonds is 4. The molecular formula is C13H12N2O3. The van der Waals surface area contributed by atoms with Crippen LogP contribution in [0.2, 0.25) is 0 Å². The van der Waals surface area contributed by atoms with Gasteiger partial charge in [0.1, 0.15) is 5.75 Å². The van der Waals surface area contributed by atoms with Gasteiger partial charge in [0.15, 0.2) is 0 Å². The lowest BCUT2D eigenvalue weighted by Crippen LogP contribution is -2.07. The maximum atomic E-state index is 11.6. The Morgan fingerprint density at radius 3 is 2.72 bits per heavy atom. The third-order valence-corrected chi connectivity index (χ3v) is 2.16. The Morgan fingerprint density at radius 1 is 1.33 bits per heavy atom. The lowest BCUT2D eigenvalue weighted by atomic mass is 10.2. The number of benzene rings is 1. The van der Waals surface area contributed by atoms with E-state index in [1.54, 1.807) is 49.7 Å². The third-order valence-electron chi connectivity index (χ3n) is 2.16. The van der Waals surface area contributed by atoms with Crippen LogP contribution in [0.25, 0.3) is 0 Å². The Labute approximate surface area is 104 Å². The van der Waals surface area contributed by atoms with Gasteiger partial charge in [-0.25, -0.2) is 4.79 Å². The number of esters is 1. The van der Waals surface area contributed by atoms with E-state index in [0.29, 0.717) is 5.75 Å². The van der Waals surface area contributed by atoms with Gasteiger partial charge in [-0.1, -0.05) is 0 Å². The van der Waals surface area contributed by atoms with Crippen molar-refractivity contribution >= 4 is 12.2 Å². The van der Waals surface area contributed by atoms with E-state index in [4.69, 9.17) is 9.15 Å². The molecule has 1 aromatic carbocycles. The fourth-order valence-corrected chi connectivity index (χ4v) is 1.31. The van der Waals surface area contributed by atoms with Crippen LogP contribution in [-0.2, 0) is 0 Å². The highest BCUT2D eigenvalue weighted by Gasteiger charge is 2.10. The van der Waals surface area contributed by atoms with Crippen LogP contribution < -0.4 is 10.2 Å². The molecule has 18 heavy (non-hydrogen) atoms. The van der Waals surface area contributed by atoms with E-state index in [0.717, 1.165) is 5.56 Å². The first kappa shape index (κ1) is 11.9. The molecule has 0 aliphatic carbocycles. The van der Waals surface area contributed by atoms with Crippen molar-refractivity contribution in [3.8, 4) is 5.75 Å². The van der Waals surface area contributed by atoms with E-state index < -0.39 is 5.97 Å². The SMILES string of the molecule is CN/N=C/c1ccc(OC(=O)c2ccco2)cc1. The number of hydrazone groups is 1. The molecule has 0 unspecified atom stereocenters. The number of nitrogens with zero attached hydrogens (tertiary/aromatic N) is 1. The second-order valence-corrected chi connectivity index (χ2v) is 3.42. The second-order valence-electron chi connectivity index (χ2n) is 3.42. The van der Waals surface area contributed by atoms with Gasteiger partial charge >= 0.3 is 5.97 Å². The van der Waals surface area contributed by atoms with Crippen LogP contribution in [0.1, 0.15) is 16.1 Å². The highest BCUT2D eigenvalue weighted by Crippen LogP contribution is 2.13. The first-order valence-electron chi connectivity index (χ1n) is 5.35. The summed E-state index contributed by atoms with van der Waals surface area (Å²) in [5, 5.41) is 3.88. The van der Waals surface area contributed by atoms with E-state index in [9.17, 15) is 4.79 Å². The van der Waals surface area contributed by atoms with Gasteiger partial charge in [0.2, 0.25) is 5.76 Å². The van der Waals surface area contributed by atoms with Gasteiger partial charge in [-0.3, -0.25) is 0 Å². The first-order chi connectivity index (χ1) is 8.79. The Kier molecular flexibility index (Phi) is 3.76. The van der Waals surface area contributed by atoms with Gasteiger partial charge in [0.05, 0.1) is 12.5 Å². The molecule has 0 atom stereocenters. The van der Waals surface area contributed by atoms with E-state index in [1.807, 2.05) is 0 Å². The molecule has 0 radical (unpaired) electrons. The summed E-state index contributed by atoms with van der Waals surface area (Å²) >= 11 is 0. The zero-order valence-corrected chi connectivity index (χ0v) is 9.79. The molecule has 1 aromatic heterocycles. The van der Waals surface area contributed by atoms with Crippen molar-refractivity contribution in [2.75, 3.05) is 7.05 Å². The number of furan rings is 1. The van der Waals surface area contributed by atoms with Gasteiger partial charge < -0.3 is 14.6 Å². The van der Waals surface area contributed by atoms with E-state index in [2.05, 4.69) is 10.5 Å². The molecule has 0 amide bonds. The van der Waals surface area contributed by atoms with Crippen molar-refractivity contribution < 1.29 is 13.9 Å². The van der Waals surface area contributed by atoms with Crippen LogP contribution in [-0.4, -0.2) is 19.2 Å². The molecule has 0 fully saturated rings. The lowest BCUT2D eigenvalue weighted by molar-refractivity contribution is 0.0701. The number of carbonyl (C=O) groups excluding carboxylic acids is 1. The zero-order chi connectivity index (χ0) is 12.8. The predicted molar refractivity (Wildman–Crippen MR) is 66.8 cm³/mol. The molecule has 92 valence electrons. The average Bonchev–Trinajstić information content (AvgIpc) is 2.92. The molecule has 0 saturated heterocycles. The molecule has 2 aromatic rings. The van der Waals surface area contributed by atoms with Gasteiger partial charge in [0.25, 0.3) is 0 Å². The predicted octanol–water partition coefficient (Wildman–Crippen LogP) is 2.05. The summed E-state index contributed by atoms with van der Waals surface area (Å²) in [4.78, 5) is 11.6. The molecule has 5 nitrogen and oxygen atoms in total. The van der Waals surface area contributed by atoms with Crippen molar-refractivity contribution in [2.45, 2.75) is 0 Å². The van der Waals surface area contributed by atoms with Crippen LogP contribution in [0.5, 0.6) is 5.75 Å². The maximum absolute atomic E-state index is 11.6. The minimum absolute atomic E-state index is 0.177. The molecule has 0 bridgehead atoms. The van der Waals surface area contributed by atoms with Gasteiger partial charge in [-0.15, -0.1) is 0 Å². The normalized spacial score (nSPS) is 10.5. The van der Waals surface area contributed by atoms with Crippen LogP contribution in [0.15, 0.2) is 52.2 Å². The number of carbonyl (C=O) groups is 1. The monoisotopic (exact) mass is 244 g/mol. The molecule has 2 rings (SSSR count). The van der Waals surface area contributed by atoms with Crippen molar-refractivity contribution in [1.82, 2.24) is 5.43 Å². The Balaban J connectivity index is 2.02. The van der Waals surface area contributed by atoms with Gasteiger partial charge in [0, 0.05) is 7.05 Å². The molecular weight excluding hydrogens is 232 g/mol. The number of nitrogens with one attached hydrogen (secondary N) is 1. The van der Waals surface area contributed by atoms with Crippen molar-refractivity contribution in [2.24, 2.45) is 5.10 Å². The van der Waals surface area contributed by atoms with Crippen molar-refractivity contribution in [1.29, 1.82) is 0 Å². The third kappa shape index (κ3) is 2.98. The quantitative estimate of drug-likeness (QED) is 0.387. The van der Waals surface area contributed by atoms with E-state index in [-0.39, 0.29) is 5.76 Å². The Morgan fingerprint density at radius 2 is 2.11 bits per heavy atom. The minimum Gasteiger partial charge on any atom is -0.457 e. The first-order valence-corrected chi connectivity index (χ1v) is 5.35. The highest BCUT2D eigenvalue weighted by molar-refractivity contribution is 5.88. The topological polar surface area (TPSA) is 63.8 Å². The molecule has 1 N–H and O–H groups in total. The van der Waals surface area contributed by atoms with Gasteiger partial charge in [-0.2, -0.15) is 5.10 Å². The average molecular weight is 244 g/mol. The number of hydrogen-bond acceptors (Lipinski definition) is 5. The van der Waals surface area contributed by atoms with Crippen LogP contribution >= 0.6 is 0 Å². The smallest absolute Gasteiger partial charge is 0.379 e. The summed E-state index contributed by atoms with van der Waals surface area (Å²) in [5.41, 5.74) is 3.56. The minimum atomic E-state index is -0.517. The maximum Gasteiger partial charge on any atom is 0.379 e.